The lowest BCUT2D eigenvalue weighted by Crippen LogP contribution is -2.39. The zero-order valence-electron chi connectivity index (χ0n) is 19.5. The maximum Gasteiger partial charge on any atom is 0.490 e. The van der Waals surface area contributed by atoms with Crippen LogP contribution in [-0.4, -0.2) is 70.5 Å². The van der Waals surface area contributed by atoms with Crippen LogP contribution in [0.25, 0.3) is 0 Å². The van der Waals surface area contributed by atoms with Gasteiger partial charge in [0.05, 0.1) is 0 Å². The van der Waals surface area contributed by atoms with Gasteiger partial charge >= 0.3 is 12.1 Å². The van der Waals surface area contributed by atoms with Crippen LogP contribution >= 0.6 is 11.6 Å². The molecule has 0 aliphatic heterocycles. The number of carbonyl (C=O) groups is 2. The molecule has 1 aliphatic rings. The number of amides is 1. The lowest BCUT2D eigenvalue weighted by atomic mass is 10.1. The summed E-state index contributed by atoms with van der Waals surface area (Å²) in [5.74, 6) is -2.23. The molecule has 0 unspecified atom stereocenters. The summed E-state index contributed by atoms with van der Waals surface area (Å²) < 4.78 is 37.5. The summed E-state index contributed by atoms with van der Waals surface area (Å²) in [7, 11) is 0. The molecule has 1 heterocycles. The van der Waals surface area contributed by atoms with Crippen LogP contribution in [0.5, 0.6) is 5.75 Å². The molecule has 1 aromatic heterocycles. The number of hydrogen-bond donors (Lipinski definition) is 3. The molecule has 1 fully saturated rings. The first-order valence-corrected chi connectivity index (χ1v) is 11.8. The van der Waals surface area contributed by atoms with Gasteiger partial charge in [0.1, 0.15) is 12.4 Å². The van der Waals surface area contributed by atoms with Crippen molar-refractivity contribution in [3.8, 4) is 5.75 Å². The molecule has 1 aliphatic carbocycles. The van der Waals surface area contributed by atoms with Crippen molar-refractivity contribution < 1.29 is 37.7 Å². The first-order valence-electron chi connectivity index (χ1n) is 11.4. The molecule has 0 spiro atoms. The fourth-order valence-electron chi connectivity index (χ4n) is 3.68. The van der Waals surface area contributed by atoms with Crippen molar-refractivity contribution in [2.75, 3.05) is 31.6 Å². The van der Waals surface area contributed by atoms with Gasteiger partial charge in [0.25, 0.3) is 5.91 Å². The summed E-state index contributed by atoms with van der Waals surface area (Å²) in [6, 6.07) is 9.18. The molecule has 1 aromatic carbocycles. The Labute approximate surface area is 212 Å². The number of nitrogens with one attached hydrogen (secondary N) is 1. The zero-order chi connectivity index (χ0) is 26.6. The summed E-state index contributed by atoms with van der Waals surface area (Å²) in [5.41, 5.74) is 1.50. The summed E-state index contributed by atoms with van der Waals surface area (Å²) in [6.07, 6.45) is 3.26. The molecule has 0 bridgehead atoms. The first kappa shape index (κ1) is 29.2. The van der Waals surface area contributed by atoms with E-state index >= 15 is 0 Å². The Morgan fingerprint density at radius 1 is 1.17 bits per heavy atom. The fraction of sp³-hybridized carbons (Fsp3) is 0.458. The number of aliphatic hydroxyl groups excluding tert-OH is 1. The van der Waals surface area contributed by atoms with Crippen LogP contribution < -0.4 is 10.1 Å². The molecule has 0 saturated heterocycles. The summed E-state index contributed by atoms with van der Waals surface area (Å²) in [5, 5.41) is 20.1. The Kier molecular flexibility index (Phi) is 11.7. The predicted molar refractivity (Wildman–Crippen MR) is 128 cm³/mol. The van der Waals surface area contributed by atoms with Crippen molar-refractivity contribution in [1.82, 2.24) is 9.88 Å². The van der Waals surface area contributed by atoms with Gasteiger partial charge in [0, 0.05) is 54.4 Å². The number of anilines is 1. The number of aliphatic carboxylic acids is 1. The third-order valence-electron chi connectivity index (χ3n) is 5.32. The zero-order valence-corrected chi connectivity index (χ0v) is 20.3. The van der Waals surface area contributed by atoms with E-state index in [1.165, 1.54) is 0 Å². The number of pyridine rings is 1. The average Bonchev–Trinajstić information content (AvgIpc) is 3.37. The number of rotatable bonds is 10. The number of ether oxygens (including phenoxy) is 1. The van der Waals surface area contributed by atoms with Crippen LogP contribution in [0.2, 0.25) is 5.02 Å². The second kappa shape index (κ2) is 14.5. The van der Waals surface area contributed by atoms with E-state index in [4.69, 9.17) is 26.2 Å². The van der Waals surface area contributed by atoms with Crippen molar-refractivity contribution in [3.05, 3.63) is 53.3 Å². The van der Waals surface area contributed by atoms with Gasteiger partial charge in [-0.05, 0) is 49.6 Å². The van der Waals surface area contributed by atoms with E-state index in [2.05, 4.69) is 10.3 Å². The molecule has 1 saturated carbocycles. The number of carboxylic acid groups (broad SMARTS) is 1. The van der Waals surface area contributed by atoms with Gasteiger partial charge in [0.2, 0.25) is 0 Å². The summed E-state index contributed by atoms with van der Waals surface area (Å²) in [6.45, 7) is 1.68. The number of aromatic nitrogens is 1. The molecule has 2 aromatic rings. The second-order valence-corrected chi connectivity index (χ2v) is 8.44. The summed E-state index contributed by atoms with van der Waals surface area (Å²) in [4.78, 5) is 27.9. The first-order chi connectivity index (χ1) is 17.1. The molecule has 0 radical (unpaired) electrons. The number of halogens is 4. The molecule has 198 valence electrons. The Hall–Kier alpha value is -3.05. The van der Waals surface area contributed by atoms with Gasteiger partial charge in [-0.25, -0.2) is 4.79 Å². The monoisotopic (exact) mass is 531 g/mol. The minimum Gasteiger partial charge on any atom is -0.492 e. The largest absolute Gasteiger partial charge is 0.492 e. The van der Waals surface area contributed by atoms with E-state index < -0.39 is 12.1 Å². The van der Waals surface area contributed by atoms with Gasteiger partial charge in [-0.15, -0.1) is 0 Å². The van der Waals surface area contributed by atoms with Gasteiger partial charge in [-0.2, -0.15) is 13.2 Å². The Morgan fingerprint density at radius 2 is 1.81 bits per heavy atom. The number of benzene rings is 1. The SMILES string of the molecule is O=C(O)C(F)(F)F.O=C(c1cc(Cl)cc(OCCNc2ccncc2)c1)N(CCCO)C1CCCC1. The minimum atomic E-state index is -5.08. The second-order valence-electron chi connectivity index (χ2n) is 8.00. The third-order valence-corrected chi connectivity index (χ3v) is 5.54. The van der Waals surface area contributed by atoms with Crippen molar-refractivity contribution in [1.29, 1.82) is 0 Å². The quantitative estimate of drug-likeness (QED) is 0.383. The highest BCUT2D eigenvalue weighted by Gasteiger charge is 2.38. The van der Waals surface area contributed by atoms with E-state index in [-0.39, 0.29) is 18.6 Å². The number of carbonyl (C=O) groups excluding carboxylic acids is 1. The molecule has 8 nitrogen and oxygen atoms in total. The van der Waals surface area contributed by atoms with Crippen LogP contribution in [0.4, 0.5) is 18.9 Å². The van der Waals surface area contributed by atoms with E-state index in [9.17, 15) is 23.1 Å². The van der Waals surface area contributed by atoms with Crippen molar-refractivity contribution in [2.24, 2.45) is 0 Å². The number of nitrogens with zero attached hydrogens (tertiary/aromatic N) is 2. The molecule has 0 atom stereocenters. The minimum absolute atomic E-state index is 0.0485. The molecule has 12 heteroatoms. The standard InChI is InChI=1S/C22H28ClN3O3.C2HF3O2/c23-18-14-17(22(28)26(11-3-12-27)20-4-1-2-5-20)15-21(16-18)29-13-10-25-19-6-8-24-9-7-19;3-2(4,5)1(6)7/h6-9,14-16,20,27H,1-5,10-13H2,(H,24,25);(H,6,7). The molecular weight excluding hydrogens is 503 g/mol. The number of hydrogen-bond acceptors (Lipinski definition) is 6. The Balaban J connectivity index is 0.000000572. The maximum atomic E-state index is 13.2. The van der Waals surface area contributed by atoms with Gasteiger partial charge in [-0.3, -0.25) is 9.78 Å². The molecule has 3 rings (SSSR count). The van der Waals surface area contributed by atoms with Gasteiger partial charge < -0.3 is 25.2 Å². The maximum absolute atomic E-state index is 13.2. The highest BCUT2D eigenvalue weighted by Crippen LogP contribution is 2.27. The van der Waals surface area contributed by atoms with Gasteiger partial charge in [0.15, 0.2) is 0 Å². The normalized spacial score (nSPS) is 13.5. The molecule has 3 N–H and O–H groups in total. The van der Waals surface area contributed by atoms with Crippen LogP contribution in [0, 0.1) is 0 Å². The van der Waals surface area contributed by atoms with E-state index in [0.29, 0.717) is 42.5 Å². The lowest BCUT2D eigenvalue weighted by molar-refractivity contribution is -0.192. The average molecular weight is 532 g/mol. The Bertz CT molecular complexity index is 973. The summed E-state index contributed by atoms with van der Waals surface area (Å²) >= 11 is 6.26. The van der Waals surface area contributed by atoms with Crippen LogP contribution in [0.1, 0.15) is 42.5 Å². The molecule has 36 heavy (non-hydrogen) atoms. The third kappa shape index (κ3) is 9.90. The van der Waals surface area contributed by atoms with Crippen LogP contribution in [-0.2, 0) is 4.79 Å². The van der Waals surface area contributed by atoms with Crippen LogP contribution in [0.3, 0.4) is 0 Å². The van der Waals surface area contributed by atoms with E-state index in [1.54, 1.807) is 30.6 Å². The van der Waals surface area contributed by atoms with Crippen LogP contribution in [0.15, 0.2) is 42.7 Å². The van der Waals surface area contributed by atoms with Crippen molar-refractivity contribution in [2.45, 2.75) is 44.3 Å². The molecule has 1 amide bonds. The Morgan fingerprint density at radius 3 is 2.39 bits per heavy atom. The highest BCUT2D eigenvalue weighted by atomic mass is 35.5. The predicted octanol–water partition coefficient (Wildman–Crippen LogP) is 4.63. The van der Waals surface area contributed by atoms with E-state index in [0.717, 1.165) is 31.4 Å². The number of carboxylic acids is 1. The topological polar surface area (TPSA) is 112 Å². The highest BCUT2D eigenvalue weighted by molar-refractivity contribution is 6.31. The molecular formula is C24H29ClF3N3O5. The number of aliphatic hydroxyl groups is 1. The van der Waals surface area contributed by atoms with E-state index in [1.807, 2.05) is 17.0 Å². The van der Waals surface area contributed by atoms with Gasteiger partial charge in [-0.1, -0.05) is 24.4 Å². The smallest absolute Gasteiger partial charge is 0.490 e. The number of alkyl halides is 3. The van der Waals surface area contributed by atoms with Crippen molar-refractivity contribution in [3.63, 3.8) is 0 Å². The fourth-order valence-corrected chi connectivity index (χ4v) is 3.90. The van der Waals surface area contributed by atoms with Crippen molar-refractivity contribution >= 4 is 29.2 Å². The lowest BCUT2D eigenvalue weighted by Gasteiger charge is -2.29.